The van der Waals surface area contributed by atoms with Gasteiger partial charge in [0.05, 0.1) is 0 Å². The van der Waals surface area contributed by atoms with E-state index in [1.165, 1.54) is 0 Å². The monoisotopic (exact) mass is 378 g/mol. The van der Waals surface area contributed by atoms with Gasteiger partial charge in [-0.15, -0.1) is 0 Å². The van der Waals surface area contributed by atoms with Gasteiger partial charge in [0.15, 0.2) is 0 Å². The molecule has 0 heterocycles. The van der Waals surface area contributed by atoms with Crippen molar-refractivity contribution < 1.29 is 4.57 Å². The summed E-state index contributed by atoms with van der Waals surface area (Å²) in [6.07, 6.45) is 0. The highest BCUT2D eigenvalue weighted by Gasteiger charge is 2.31. The average molecular weight is 378 g/mol. The van der Waals surface area contributed by atoms with Crippen molar-refractivity contribution >= 4 is 23.6 Å². The number of rotatable bonds is 8. The quantitative estimate of drug-likeness (QED) is 0.561. The van der Waals surface area contributed by atoms with Crippen molar-refractivity contribution in [1.82, 2.24) is 5.09 Å². The van der Waals surface area contributed by atoms with Crippen LogP contribution in [0.5, 0.6) is 0 Å². The molecule has 0 bridgehead atoms. The van der Waals surface area contributed by atoms with Gasteiger partial charge in [-0.25, -0.2) is 0 Å². The highest BCUT2D eigenvalue weighted by molar-refractivity contribution is 7.76. The summed E-state index contributed by atoms with van der Waals surface area (Å²) in [6, 6.07) is 29.6. The van der Waals surface area contributed by atoms with E-state index in [4.69, 9.17) is 0 Å². The van der Waals surface area contributed by atoms with Crippen LogP contribution in [-0.4, -0.2) is 12.6 Å². The molecule has 3 aromatic carbocycles. The van der Waals surface area contributed by atoms with Crippen LogP contribution in [0.4, 0.5) is 5.69 Å². The van der Waals surface area contributed by atoms with Gasteiger partial charge >= 0.3 is 0 Å². The average Bonchev–Trinajstić information content (AvgIpc) is 2.73. The molecule has 27 heavy (non-hydrogen) atoms. The lowest BCUT2D eigenvalue weighted by Crippen LogP contribution is -2.42. The molecule has 3 rings (SSSR count). The molecule has 0 unspecified atom stereocenters. The van der Waals surface area contributed by atoms with Gasteiger partial charge in [-0.05, 0) is 42.3 Å². The van der Waals surface area contributed by atoms with Crippen molar-refractivity contribution in [2.75, 3.05) is 11.9 Å². The molecule has 0 fully saturated rings. The van der Waals surface area contributed by atoms with Crippen molar-refractivity contribution in [3.8, 4) is 0 Å². The van der Waals surface area contributed by atoms with Gasteiger partial charge in [0, 0.05) is 28.9 Å². The van der Waals surface area contributed by atoms with Crippen molar-refractivity contribution in [2.24, 2.45) is 5.92 Å². The van der Waals surface area contributed by atoms with E-state index in [-0.39, 0.29) is 6.04 Å². The fraction of sp³-hybridized carbons (Fsp3) is 0.217. The second kappa shape index (κ2) is 9.03. The predicted octanol–water partition coefficient (Wildman–Crippen LogP) is 4.64. The number of benzene rings is 3. The van der Waals surface area contributed by atoms with Crippen LogP contribution in [0.2, 0.25) is 0 Å². The maximum Gasteiger partial charge on any atom is 0.204 e. The zero-order chi connectivity index (χ0) is 19.1. The van der Waals surface area contributed by atoms with Crippen LogP contribution in [0.3, 0.4) is 0 Å². The second-order valence-electron chi connectivity index (χ2n) is 7.01. The molecule has 0 aliphatic carbocycles. The molecule has 140 valence electrons. The molecule has 3 nitrogen and oxygen atoms in total. The Morgan fingerprint density at radius 2 is 1.19 bits per heavy atom. The Morgan fingerprint density at radius 1 is 0.741 bits per heavy atom. The van der Waals surface area contributed by atoms with Crippen molar-refractivity contribution in [2.45, 2.75) is 19.9 Å². The Balaban J connectivity index is 1.88. The smallest absolute Gasteiger partial charge is 0.204 e. The van der Waals surface area contributed by atoms with Gasteiger partial charge in [-0.1, -0.05) is 68.4 Å². The molecule has 0 saturated carbocycles. The summed E-state index contributed by atoms with van der Waals surface area (Å²) in [4.78, 5) is 0. The Labute approximate surface area is 162 Å². The van der Waals surface area contributed by atoms with Gasteiger partial charge in [-0.2, -0.15) is 0 Å². The van der Waals surface area contributed by atoms with E-state index in [0.29, 0.717) is 12.5 Å². The largest absolute Gasteiger partial charge is 0.383 e. The number of hydrogen-bond acceptors (Lipinski definition) is 2. The Hall–Kier alpha value is -2.35. The van der Waals surface area contributed by atoms with E-state index in [0.717, 1.165) is 16.3 Å². The van der Waals surface area contributed by atoms with Gasteiger partial charge in [0.2, 0.25) is 7.29 Å². The molecule has 0 spiro atoms. The first-order valence-electron chi connectivity index (χ1n) is 9.37. The minimum absolute atomic E-state index is 0.0523. The fourth-order valence-corrected chi connectivity index (χ4v) is 5.66. The molecule has 3 aromatic rings. The second-order valence-corrected chi connectivity index (χ2v) is 9.52. The highest BCUT2D eigenvalue weighted by Crippen LogP contribution is 2.40. The molecule has 0 saturated heterocycles. The van der Waals surface area contributed by atoms with Crippen LogP contribution in [0.25, 0.3) is 0 Å². The topological polar surface area (TPSA) is 41.1 Å². The highest BCUT2D eigenvalue weighted by atomic mass is 31.2. The lowest BCUT2D eigenvalue weighted by Gasteiger charge is -2.30. The molecular formula is C23H27N2OP. The van der Waals surface area contributed by atoms with Gasteiger partial charge in [-0.3, -0.25) is 9.65 Å². The summed E-state index contributed by atoms with van der Waals surface area (Å²) in [7, 11) is -2.95. The summed E-state index contributed by atoms with van der Waals surface area (Å²) in [5.74, 6) is 0.321. The van der Waals surface area contributed by atoms with E-state index in [1.807, 2.05) is 91.0 Å². The maximum absolute atomic E-state index is 14.2. The lowest BCUT2D eigenvalue weighted by molar-refractivity contribution is 0.468. The van der Waals surface area contributed by atoms with Gasteiger partial charge < -0.3 is 5.32 Å². The first-order chi connectivity index (χ1) is 13.1. The maximum atomic E-state index is 14.2. The minimum atomic E-state index is -2.95. The molecular weight excluding hydrogens is 351 g/mol. The molecule has 0 aromatic heterocycles. The minimum Gasteiger partial charge on any atom is -0.383 e. The van der Waals surface area contributed by atoms with Crippen molar-refractivity contribution in [1.29, 1.82) is 0 Å². The van der Waals surface area contributed by atoms with Crippen LogP contribution >= 0.6 is 7.29 Å². The summed E-state index contributed by atoms with van der Waals surface area (Å²) in [5, 5.41) is 8.66. The van der Waals surface area contributed by atoms with E-state index < -0.39 is 7.29 Å². The Morgan fingerprint density at radius 3 is 1.63 bits per heavy atom. The summed E-state index contributed by atoms with van der Waals surface area (Å²) < 4.78 is 14.2. The molecule has 0 aliphatic rings. The van der Waals surface area contributed by atoms with Crippen LogP contribution in [0, 0.1) is 5.92 Å². The zero-order valence-electron chi connectivity index (χ0n) is 15.9. The number of para-hydroxylation sites is 1. The number of anilines is 1. The number of hydrogen-bond donors (Lipinski definition) is 2. The Bertz CT molecular complexity index is 823. The molecule has 0 radical (unpaired) electrons. The molecule has 1 atom stereocenters. The molecule has 0 amide bonds. The summed E-state index contributed by atoms with van der Waals surface area (Å²) in [5.41, 5.74) is 1.07. The third-order valence-electron chi connectivity index (χ3n) is 4.69. The van der Waals surface area contributed by atoms with E-state index in [2.05, 4.69) is 24.3 Å². The standard InChI is InChI=1S/C23H27N2OP/c1-19(2)23(18-24-20-12-6-3-7-13-20)25-27(26,21-14-8-4-9-15-21)22-16-10-5-11-17-22/h3-17,19,23-24H,18H2,1-2H3,(H,25,26)/t23-/m0/s1. The first-order valence-corrected chi connectivity index (χ1v) is 11.1. The van der Waals surface area contributed by atoms with Crippen molar-refractivity contribution in [3.63, 3.8) is 0 Å². The Kier molecular flexibility index (Phi) is 6.49. The number of nitrogens with one attached hydrogen (secondary N) is 2. The van der Waals surface area contributed by atoms with Crippen molar-refractivity contribution in [3.05, 3.63) is 91.0 Å². The normalized spacial score (nSPS) is 12.7. The summed E-state index contributed by atoms with van der Waals surface area (Å²) in [6.45, 7) is 5.01. The SMILES string of the molecule is CC(C)[C@H](CNc1ccccc1)NP(=O)(c1ccccc1)c1ccccc1. The first kappa shape index (κ1) is 19.4. The van der Waals surface area contributed by atoms with Crippen LogP contribution in [-0.2, 0) is 4.57 Å². The third kappa shape index (κ3) is 4.88. The molecule has 4 heteroatoms. The van der Waals surface area contributed by atoms with E-state index in [1.54, 1.807) is 0 Å². The summed E-state index contributed by atoms with van der Waals surface area (Å²) >= 11 is 0. The predicted molar refractivity (Wildman–Crippen MR) is 116 cm³/mol. The third-order valence-corrected chi connectivity index (χ3v) is 7.44. The fourth-order valence-electron chi connectivity index (χ4n) is 3.02. The molecule has 2 N–H and O–H groups in total. The lowest BCUT2D eigenvalue weighted by atomic mass is 10.1. The van der Waals surface area contributed by atoms with Crippen LogP contribution in [0.1, 0.15) is 13.8 Å². The van der Waals surface area contributed by atoms with Crippen LogP contribution in [0.15, 0.2) is 91.0 Å². The van der Waals surface area contributed by atoms with E-state index in [9.17, 15) is 4.57 Å². The molecule has 0 aliphatic heterocycles. The van der Waals surface area contributed by atoms with Gasteiger partial charge in [0.25, 0.3) is 0 Å². The van der Waals surface area contributed by atoms with E-state index >= 15 is 0 Å². The zero-order valence-corrected chi connectivity index (χ0v) is 16.8. The van der Waals surface area contributed by atoms with Crippen LogP contribution < -0.4 is 21.0 Å². The van der Waals surface area contributed by atoms with Gasteiger partial charge in [0.1, 0.15) is 0 Å².